The highest BCUT2D eigenvalue weighted by molar-refractivity contribution is 5.87. The van der Waals surface area contributed by atoms with Crippen LogP contribution in [0.5, 0.6) is 0 Å². The molecular formula is C13H13N3O2. The van der Waals surface area contributed by atoms with E-state index in [2.05, 4.69) is 4.98 Å². The molecule has 0 aliphatic heterocycles. The van der Waals surface area contributed by atoms with Gasteiger partial charge in [0, 0.05) is 12.7 Å². The van der Waals surface area contributed by atoms with Crippen molar-refractivity contribution in [3.05, 3.63) is 48.2 Å². The van der Waals surface area contributed by atoms with E-state index in [1.165, 1.54) is 6.07 Å². The molecule has 0 saturated heterocycles. The molecule has 0 unspecified atom stereocenters. The van der Waals surface area contributed by atoms with Gasteiger partial charge in [0.05, 0.1) is 5.69 Å². The number of rotatable bonds is 3. The molecule has 0 radical (unpaired) electrons. The zero-order valence-electron chi connectivity index (χ0n) is 9.87. The number of hydrogen-bond donors (Lipinski definition) is 2. The molecule has 5 nitrogen and oxygen atoms in total. The lowest BCUT2D eigenvalue weighted by Crippen LogP contribution is -2.15. The Kier molecular flexibility index (Phi) is 3.14. The van der Waals surface area contributed by atoms with E-state index in [1.807, 2.05) is 30.3 Å². The molecular weight excluding hydrogens is 230 g/mol. The lowest BCUT2D eigenvalue weighted by atomic mass is 10.2. The van der Waals surface area contributed by atoms with Crippen LogP contribution in [0.3, 0.4) is 0 Å². The predicted molar refractivity (Wildman–Crippen MR) is 70.1 cm³/mol. The highest BCUT2D eigenvalue weighted by Crippen LogP contribution is 2.26. The fraction of sp³-hybridized carbons (Fsp3) is 0.0769. The normalized spacial score (nSPS) is 10.1. The standard InChI is InChI=1S/C13H13N3O2/c1-16(9-5-3-2-4-6-9)12-10(14)7-8-11(15-12)13(17)18/h2-8H,14H2,1H3,(H,17,18). The van der Waals surface area contributed by atoms with E-state index in [-0.39, 0.29) is 5.69 Å². The van der Waals surface area contributed by atoms with Crippen LogP contribution in [0.4, 0.5) is 17.2 Å². The second kappa shape index (κ2) is 4.75. The van der Waals surface area contributed by atoms with E-state index >= 15 is 0 Å². The van der Waals surface area contributed by atoms with Gasteiger partial charge >= 0.3 is 5.97 Å². The van der Waals surface area contributed by atoms with Crippen molar-refractivity contribution in [1.29, 1.82) is 0 Å². The maximum absolute atomic E-state index is 10.9. The number of carboxylic acids is 1. The summed E-state index contributed by atoms with van der Waals surface area (Å²) in [6.45, 7) is 0. The molecule has 2 aromatic rings. The van der Waals surface area contributed by atoms with Crippen molar-refractivity contribution in [2.45, 2.75) is 0 Å². The van der Waals surface area contributed by atoms with E-state index in [0.717, 1.165) is 5.69 Å². The Morgan fingerprint density at radius 3 is 2.50 bits per heavy atom. The van der Waals surface area contributed by atoms with Crippen LogP contribution in [0.25, 0.3) is 0 Å². The number of benzene rings is 1. The van der Waals surface area contributed by atoms with Gasteiger partial charge in [-0.2, -0.15) is 0 Å². The van der Waals surface area contributed by atoms with E-state index in [0.29, 0.717) is 11.5 Å². The van der Waals surface area contributed by atoms with Gasteiger partial charge in [-0.25, -0.2) is 9.78 Å². The van der Waals surface area contributed by atoms with Crippen molar-refractivity contribution in [2.75, 3.05) is 17.7 Å². The minimum Gasteiger partial charge on any atom is -0.477 e. The number of para-hydroxylation sites is 1. The molecule has 0 bridgehead atoms. The van der Waals surface area contributed by atoms with Gasteiger partial charge in [-0.1, -0.05) is 18.2 Å². The lowest BCUT2D eigenvalue weighted by Gasteiger charge is -2.20. The van der Waals surface area contributed by atoms with Crippen LogP contribution in [-0.4, -0.2) is 23.1 Å². The Hall–Kier alpha value is -2.56. The number of pyridine rings is 1. The third-order valence-electron chi connectivity index (χ3n) is 2.59. The van der Waals surface area contributed by atoms with Crippen LogP contribution < -0.4 is 10.6 Å². The van der Waals surface area contributed by atoms with Crippen molar-refractivity contribution < 1.29 is 9.90 Å². The molecule has 0 atom stereocenters. The minimum absolute atomic E-state index is 0.0259. The number of aromatic carboxylic acids is 1. The topological polar surface area (TPSA) is 79.5 Å². The van der Waals surface area contributed by atoms with Crippen molar-refractivity contribution in [3.8, 4) is 0 Å². The number of aromatic nitrogens is 1. The number of nitrogens with two attached hydrogens (primary N) is 1. The highest BCUT2D eigenvalue weighted by Gasteiger charge is 2.13. The number of anilines is 3. The molecule has 2 rings (SSSR count). The molecule has 0 aliphatic rings. The molecule has 1 heterocycles. The van der Waals surface area contributed by atoms with Crippen molar-refractivity contribution in [1.82, 2.24) is 4.98 Å². The molecule has 18 heavy (non-hydrogen) atoms. The summed E-state index contributed by atoms with van der Waals surface area (Å²) >= 11 is 0. The first kappa shape index (κ1) is 11.9. The first-order valence-corrected chi connectivity index (χ1v) is 5.38. The Bertz CT molecular complexity index is 570. The van der Waals surface area contributed by atoms with E-state index < -0.39 is 5.97 Å². The second-order valence-corrected chi connectivity index (χ2v) is 3.81. The summed E-state index contributed by atoms with van der Waals surface area (Å²) in [5.41, 5.74) is 7.13. The molecule has 1 aromatic heterocycles. The molecule has 0 spiro atoms. The van der Waals surface area contributed by atoms with E-state index in [9.17, 15) is 4.79 Å². The van der Waals surface area contributed by atoms with Gasteiger partial charge in [0.15, 0.2) is 11.5 Å². The third kappa shape index (κ3) is 2.24. The number of carbonyl (C=O) groups is 1. The van der Waals surface area contributed by atoms with Crippen LogP contribution in [0.15, 0.2) is 42.5 Å². The Morgan fingerprint density at radius 1 is 1.22 bits per heavy atom. The van der Waals surface area contributed by atoms with Gasteiger partial charge < -0.3 is 15.7 Å². The summed E-state index contributed by atoms with van der Waals surface area (Å²) in [6.07, 6.45) is 0. The summed E-state index contributed by atoms with van der Waals surface area (Å²) in [5, 5.41) is 8.93. The van der Waals surface area contributed by atoms with Crippen LogP contribution in [0.2, 0.25) is 0 Å². The van der Waals surface area contributed by atoms with Crippen molar-refractivity contribution in [3.63, 3.8) is 0 Å². The van der Waals surface area contributed by atoms with E-state index in [1.54, 1.807) is 18.0 Å². The third-order valence-corrected chi connectivity index (χ3v) is 2.59. The van der Waals surface area contributed by atoms with Gasteiger partial charge in [-0.05, 0) is 24.3 Å². The van der Waals surface area contributed by atoms with Gasteiger partial charge in [0.25, 0.3) is 0 Å². The highest BCUT2D eigenvalue weighted by atomic mass is 16.4. The first-order valence-electron chi connectivity index (χ1n) is 5.38. The van der Waals surface area contributed by atoms with E-state index in [4.69, 9.17) is 10.8 Å². The second-order valence-electron chi connectivity index (χ2n) is 3.81. The zero-order chi connectivity index (χ0) is 13.1. The van der Waals surface area contributed by atoms with Gasteiger partial charge in [0.2, 0.25) is 0 Å². The maximum atomic E-state index is 10.9. The van der Waals surface area contributed by atoms with Crippen LogP contribution in [0.1, 0.15) is 10.5 Å². The lowest BCUT2D eigenvalue weighted by molar-refractivity contribution is 0.0690. The molecule has 5 heteroatoms. The van der Waals surface area contributed by atoms with Crippen molar-refractivity contribution >= 4 is 23.2 Å². The summed E-state index contributed by atoms with van der Waals surface area (Å²) < 4.78 is 0. The predicted octanol–water partition coefficient (Wildman–Crippen LogP) is 2.13. The molecule has 92 valence electrons. The maximum Gasteiger partial charge on any atom is 0.354 e. The average molecular weight is 243 g/mol. The Labute approximate surface area is 104 Å². The van der Waals surface area contributed by atoms with Gasteiger partial charge in [-0.3, -0.25) is 0 Å². The zero-order valence-corrected chi connectivity index (χ0v) is 9.87. The molecule has 3 N–H and O–H groups in total. The van der Waals surface area contributed by atoms with Crippen molar-refractivity contribution in [2.24, 2.45) is 0 Å². The molecule has 0 amide bonds. The quantitative estimate of drug-likeness (QED) is 0.863. The van der Waals surface area contributed by atoms with Crippen LogP contribution >= 0.6 is 0 Å². The van der Waals surface area contributed by atoms with Crippen LogP contribution in [-0.2, 0) is 0 Å². The summed E-state index contributed by atoms with van der Waals surface area (Å²) in [5.74, 6) is -0.640. The molecule has 0 aliphatic carbocycles. The smallest absolute Gasteiger partial charge is 0.354 e. The fourth-order valence-electron chi connectivity index (χ4n) is 1.62. The van der Waals surface area contributed by atoms with Gasteiger partial charge in [-0.15, -0.1) is 0 Å². The molecule has 1 aromatic carbocycles. The summed E-state index contributed by atoms with van der Waals surface area (Å²) in [7, 11) is 1.79. The first-order chi connectivity index (χ1) is 8.59. The molecule has 0 saturated carbocycles. The number of nitrogens with zero attached hydrogens (tertiary/aromatic N) is 2. The van der Waals surface area contributed by atoms with Gasteiger partial charge in [0.1, 0.15) is 0 Å². The monoisotopic (exact) mass is 243 g/mol. The number of hydrogen-bond acceptors (Lipinski definition) is 4. The summed E-state index contributed by atoms with van der Waals surface area (Å²) in [4.78, 5) is 16.7. The molecule has 0 fully saturated rings. The Morgan fingerprint density at radius 2 is 1.89 bits per heavy atom. The Balaban J connectivity index is 2.44. The summed E-state index contributed by atoms with van der Waals surface area (Å²) in [6, 6.07) is 12.4. The number of nitrogen functional groups attached to an aromatic ring is 1. The largest absolute Gasteiger partial charge is 0.477 e. The number of carboxylic acid groups (broad SMARTS) is 1. The fourth-order valence-corrected chi connectivity index (χ4v) is 1.62. The van der Waals surface area contributed by atoms with Crippen LogP contribution in [0, 0.1) is 0 Å². The minimum atomic E-state index is -1.07. The SMILES string of the molecule is CN(c1ccccc1)c1nc(C(=O)O)ccc1N. The average Bonchev–Trinajstić information content (AvgIpc) is 2.39.